The fourth-order valence-electron chi connectivity index (χ4n) is 1.91. The molecule has 0 saturated carbocycles. The molecule has 0 aromatic heterocycles. The zero-order valence-corrected chi connectivity index (χ0v) is 13.6. The molecule has 2 rings (SSSR count). The molecule has 130 valence electrons. The van der Waals surface area contributed by atoms with Crippen molar-refractivity contribution in [1.29, 1.82) is 0 Å². The Labute approximate surface area is 144 Å². The van der Waals surface area contributed by atoms with Crippen molar-refractivity contribution in [2.45, 2.75) is 13.0 Å². The number of benzene rings is 2. The van der Waals surface area contributed by atoms with Gasteiger partial charge in [0.1, 0.15) is 5.82 Å². The molecule has 0 heterocycles. The van der Waals surface area contributed by atoms with Crippen molar-refractivity contribution in [3.63, 3.8) is 0 Å². The van der Waals surface area contributed by atoms with Gasteiger partial charge in [-0.2, -0.15) is 5.10 Å². The summed E-state index contributed by atoms with van der Waals surface area (Å²) in [5.41, 5.74) is 3.61. The van der Waals surface area contributed by atoms with Gasteiger partial charge in [0, 0.05) is 5.56 Å². The standard InChI is InChI=1S/C18H18FN3O3/c1-2-25-18(24)16(21-17(23)13-6-4-3-5-7-13)12-20-22-15-10-8-14(19)9-11-15/h3-12,16,22H,2H2,1H3,(H,21,23)/b20-12+. The van der Waals surface area contributed by atoms with Crippen LogP contribution in [0.25, 0.3) is 0 Å². The monoisotopic (exact) mass is 343 g/mol. The van der Waals surface area contributed by atoms with E-state index in [9.17, 15) is 14.0 Å². The minimum Gasteiger partial charge on any atom is -0.464 e. The first-order valence-corrected chi connectivity index (χ1v) is 7.67. The molecule has 7 heteroatoms. The lowest BCUT2D eigenvalue weighted by atomic mass is 10.2. The van der Waals surface area contributed by atoms with E-state index in [4.69, 9.17) is 4.74 Å². The summed E-state index contributed by atoms with van der Waals surface area (Å²) in [6, 6.07) is 13.0. The van der Waals surface area contributed by atoms with Crippen LogP contribution in [0.2, 0.25) is 0 Å². The van der Waals surface area contributed by atoms with Gasteiger partial charge in [-0.3, -0.25) is 10.2 Å². The van der Waals surface area contributed by atoms with Gasteiger partial charge >= 0.3 is 5.97 Å². The highest BCUT2D eigenvalue weighted by Crippen LogP contribution is 2.07. The van der Waals surface area contributed by atoms with Crippen LogP contribution in [-0.2, 0) is 9.53 Å². The van der Waals surface area contributed by atoms with Crippen molar-refractivity contribution in [2.24, 2.45) is 5.10 Å². The second kappa shape index (κ2) is 9.17. The van der Waals surface area contributed by atoms with E-state index < -0.39 is 17.9 Å². The zero-order chi connectivity index (χ0) is 18.1. The maximum absolute atomic E-state index is 12.9. The van der Waals surface area contributed by atoms with Gasteiger partial charge in [-0.25, -0.2) is 9.18 Å². The highest BCUT2D eigenvalue weighted by Gasteiger charge is 2.20. The molecule has 0 radical (unpaired) electrons. The number of carbonyl (C=O) groups excluding carboxylic acids is 2. The Kier molecular flexibility index (Phi) is 6.65. The maximum atomic E-state index is 12.9. The minimum absolute atomic E-state index is 0.176. The second-order valence-corrected chi connectivity index (χ2v) is 4.97. The number of amides is 1. The summed E-state index contributed by atoms with van der Waals surface area (Å²) in [6.45, 7) is 1.84. The Morgan fingerprint density at radius 2 is 1.84 bits per heavy atom. The molecular formula is C18H18FN3O3. The number of hydrogen-bond acceptors (Lipinski definition) is 5. The molecule has 2 N–H and O–H groups in total. The van der Waals surface area contributed by atoms with Crippen LogP contribution in [0.3, 0.4) is 0 Å². The highest BCUT2D eigenvalue weighted by molar-refractivity contribution is 6.03. The van der Waals surface area contributed by atoms with E-state index in [1.54, 1.807) is 37.3 Å². The third kappa shape index (κ3) is 5.72. The summed E-state index contributed by atoms with van der Waals surface area (Å²) in [5.74, 6) is -1.42. The Balaban J connectivity index is 2.04. The predicted molar refractivity (Wildman–Crippen MR) is 92.8 cm³/mol. The van der Waals surface area contributed by atoms with Gasteiger partial charge in [0.2, 0.25) is 0 Å². The molecule has 1 amide bonds. The molecule has 0 aliphatic heterocycles. The van der Waals surface area contributed by atoms with Gasteiger partial charge in [-0.05, 0) is 43.3 Å². The number of ether oxygens (including phenoxy) is 1. The van der Waals surface area contributed by atoms with Crippen LogP contribution in [0.4, 0.5) is 10.1 Å². The van der Waals surface area contributed by atoms with Gasteiger partial charge in [-0.15, -0.1) is 0 Å². The van der Waals surface area contributed by atoms with Crippen molar-refractivity contribution < 1.29 is 18.7 Å². The summed E-state index contributed by atoms with van der Waals surface area (Å²) in [6.07, 6.45) is 1.22. The summed E-state index contributed by atoms with van der Waals surface area (Å²) >= 11 is 0. The number of esters is 1. The molecular weight excluding hydrogens is 325 g/mol. The lowest BCUT2D eigenvalue weighted by Crippen LogP contribution is -2.43. The fraction of sp³-hybridized carbons (Fsp3) is 0.167. The molecule has 0 spiro atoms. The Hall–Kier alpha value is -3.22. The number of hydrogen-bond donors (Lipinski definition) is 2. The van der Waals surface area contributed by atoms with Gasteiger partial charge in [0.05, 0.1) is 18.5 Å². The van der Waals surface area contributed by atoms with Crippen molar-refractivity contribution >= 4 is 23.8 Å². The summed E-state index contributed by atoms with van der Waals surface area (Å²) < 4.78 is 17.8. The van der Waals surface area contributed by atoms with Gasteiger partial charge in [0.25, 0.3) is 5.91 Å². The van der Waals surface area contributed by atoms with Gasteiger partial charge in [-0.1, -0.05) is 18.2 Å². The van der Waals surface area contributed by atoms with Crippen LogP contribution < -0.4 is 10.7 Å². The third-order valence-corrected chi connectivity index (χ3v) is 3.12. The molecule has 1 atom stereocenters. The van der Waals surface area contributed by atoms with E-state index in [2.05, 4.69) is 15.8 Å². The zero-order valence-electron chi connectivity index (χ0n) is 13.6. The fourth-order valence-corrected chi connectivity index (χ4v) is 1.91. The Morgan fingerprint density at radius 1 is 1.16 bits per heavy atom. The van der Waals surface area contributed by atoms with Crippen LogP contribution in [-0.4, -0.2) is 30.7 Å². The van der Waals surface area contributed by atoms with E-state index in [0.29, 0.717) is 11.3 Å². The van der Waals surface area contributed by atoms with Crippen molar-refractivity contribution in [3.8, 4) is 0 Å². The first-order valence-electron chi connectivity index (χ1n) is 7.67. The maximum Gasteiger partial charge on any atom is 0.334 e. The van der Waals surface area contributed by atoms with Crippen molar-refractivity contribution in [3.05, 3.63) is 66.0 Å². The number of nitrogens with zero attached hydrogens (tertiary/aromatic N) is 1. The molecule has 25 heavy (non-hydrogen) atoms. The average molecular weight is 343 g/mol. The van der Waals surface area contributed by atoms with Gasteiger partial charge < -0.3 is 10.1 Å². The van der Waals surface area contributed by atoms with Crippen molar-refractivity contribution in [2.75, 3.05) is 12.0 Å². The van der Waals surface area contributed by atoms with Crippen LogP contribution in [0.5, 0.6) is 0 Å². The Morgan fingerprint density at radius 3 is 2.48 bits per heavy atom. The van der Waals surface area contributed by atoms with Crippen LogP contribution in [0.15, 0.2) is 59.7 Å². The van der Waals surface area contributed by atoms with Crippen LogP contribution in [0, 0.1) is 5.82 Å². The SMILES string of the molecule is CCOC(=O)C(/C=N/Nc1ccc(F)cc1)NC(=O)c1ccccc1. The van der Waals surface area contributed by atoms with E-state index in [1.807, 2.05) is 0 Å². The first-order chi connectivity index (χ1) is 12.1. The molecule has 2 aromatic carbocycles. The molecule has 0 saturated heterocycles. The number of halogens is 1. The number of anilines is 1. The third-order valence-electron chi connectivity index (χ3n) is 3.12. The topological polar surface area (TPSA) is 79.8 Å². The second-order valence-electron chi connectivity index (χ2n) is 4.97. The molecule has 0 aliphatic rings. The summed E-state index contributed by atoms with van der Waals surface area (Å²) in [5, 5.41) is 6.46. The van der Waals surface area contributed by atoms with E-state index >= 15 is 0 Å². The normalized spacial score (nSPS) is 11.8. The number of carbonyl (C=O) groups is 2. The number of rotatable bonds is 7. The summed E-state index contributed by atoms with van der Waals surface area (Å²) in [4.78, 5) is 24.2. The quantitative estimate of drug-likeness (QED) is 0.460. The average Bonchev–Trinajstić information content (AvgIpc) is 2.63. The van der Waals surface area contributed by atoms with E-state index in [1.165, 1.54) is 30.5 Å². The largest absolute Gasteiger partial charge is 0.464 e. The highest BCUT2D eigenvalue weighted by atomic mass is 19.1. The predicted octanol–water partition coefficient (Wildman–Crippen LogP) is 2.59. The van der Waals surface area contributed by atoms with Gasteiger partial charge in [0.15, 0.2) is 6.04 Å². The minimum atomic E-state index is -1.05. The van der Waals surface area contributed by atoms with Crippen LogP contribution >= 0.6 is 0 Å². The Bertz CT molecular complexity index is 733. The molecule has 2 aromatic rings. The van der Waals surface area contributed by atoms with E-state index in [0.717, 1.165) is 0 Å². The number of hydrazone groups is 1. The smallest absolute Gasteiger partial charge is 0.334 e. The summed E-state index contributed by atoms with van der Waals surface area (Å²) in [7, 11) is 0. The molecule has 1 unspecified atom stereocenters. The molecule has 6 nitrogen and oxygen atoms in total. The van der Waals surface area contributed by atoms with Crippen LogP contribution in [0.1, 0.15) is 17.3 Å². The van der Waals surface area contributed by atoms with Crippen molar-refractivity contribution in [1.82, 2.24) is 5.32 Å². The lowest BCUT2D eigenvalue weighted by Gasteiger charge is -2.13. The number of nitrogens with one attached hydrogen (secondary N) is 2. The lowest BCUT2D eigenvalue weighted by molar-refractivity contribution is -0.143. The first kappa shape index (κ1) is 18.1. The molecule has 0 fully saturated rings. The van der Waals surface area contributed by atoms with E-state index in [-0.39, 0.29) is 12.4 Å². The molecule has 0 bridgehead atoms. The molecule has 0 aliphatic carbocycles.